The number of hydrogen-bond donors (Lipinski definition) is 2. The topological polar surface area (TPSA) is 72.2 Å². The number of nitrogen functional groups attached to an aromatic ring is 1. The minimum Gasteiger partial charge on any atom is -0.396 e. The van der Waals surface area contributed by atoms with Crippen molar-refractivity contribution in [3.8, 4) is 0 Å². The highest BCUT2D eigenvalue weighted by Gasteiger charge is 2.13. The summed E-state index contributed by atoms with van der Waals surface area (Å²) in [5.41, 5.74) is 6.78. The van der Waals surface area contributed by atoms with Crippen molar-refractivity contribution in [2.24, 2.45) is 0 Å². The smallest absolute Gasteiger partial charge is 0.177 e. The summed E-state index contributed by atoms with van der Waals surface area (Å²) in [6.07, 6.45) is 6.03. The monoisotopic (exact) mass is 254 g/mol. The van der Waals surface area contributed by atoms with E-state index in [-0.39, 0.29) is 10.6 Å². The molecule has 0 heterocycles. The van der Waals surface area contributed by atoms with Gasteiger partial charge in [-0.1, -0.05) is 18.2 Å². The van der Waals surface area contributed by atoms with Gasteiger partial charge in [-0.3, -0.25) is 0 Å². The van der Waals surface area contributed by atoms with Crippen LogP contribution in [0.1, 0.15) is 13.3 Å². The van der Waals surface area contributed by atoms with Gasteiger partial charge in [0.15, 0.2) is 9.84 Å². The lowest BCUT2D eigenvalue weighted by Crippen LogP contribution is -2.08. The van der Waals surface area contributed by atoms with E-state index in [1.165, 1.54) is 6.07 Å². The summed E-state index contributed by atoms with van der Waals surface area (Å²) >= 11 is 0. The summed E-state index contributed by atoms with van der Waals surface area (Å²) in [6, 6.07) is 4.98. The van der Waals surface area contributed by atoms with E-state index in [0.29, 0.717) is 5.69 Å². The van der Waals surface area contributed by atoms with Crippen LogP contribution in [0.4, 0.5) is 11.4 Å². The third kappa shape index (κ3) is 3.78. The van der Waals surface area contributed by atoms with Gasteiger partial charge < -0.3 is 11.1 Å². The second-order valence-electron chi connectivity index (χ2n) is 3.77. The fourth-order valence-corrected chi connectivity index (χ4v) is 2.31. The molecule has 0 saturated heterocycles. The van der Waals surface area contributed by atoms with Crippen molar-refractivity contribution in [2.75, 3.05) is 23.9 Å². The lowest BCUT2D eigenvalue weighted by molar-refractivity contribution is 0.602. The van der Waals surface area contributed by atoms with Gasteiger partial charge in [0.2, 0.25) is 0 Å². The number of rotatable bonds is 5. The van der Waals surface area contributed by atoms with Crippen LogP contribution in [0.3, 0.4) is 0 Å². The molecule has 1 aromatic rings. The Bertz CT molecular complexity index is 507. The van der Waals surface area contributed by atoms with Crippen molar-refractivity contribution in [2.45, 2.75) is 18.2 Å². The molecule has 0 aromatic heterocycles. The molecule has 94 valence electrons. The van der Waals surface area contributed by atoms with Crippen LogP contribution in [0.25, 0.3) is 0 Å². The van der Waals surface area contributed by atoms with Crippen LogP contribution < -0.4 is 11.1 Å². The first kappa shape index (κ1) is 13.6. The normalized spacial score (nSPS) is 11.9. The fraction of sp³-hybridized carbons (Fsp3) is 0.333. The average molecular weight is 254 g/mol. The fourth-order valence-electron chi connectivity index (χ4n) is 1.48. The number of nitrogens with two attached hydrogens (primary N) is 1. The van der Waals surface area contributed by atoms with E-state index in [1.807, 2.05) is 19.1 Å². The quantitative estimate of drug-likeness (QED) is 0.479. The van der Waals surface area contributed by atoms with E-state index in [2.05, 4.69) is 5.32 Å². The molecule has 0 amide bonds. The van der Waals surface area contributed by atoms with E-state index in [9.17, 15) is 8.42 Å². The third-order valence-electron chi connectivity index (χ3n) is 2.33. The Morgan fingerprint density at radius 2 is 2.12 bits per heavy atom. The Balaban J connectivity index is 2.88. The maximum Gasteiger partial charge on any atom is 0.177 e. The number of nitrogens with one attached hydrogen (secondary N) is 1. The average Bonchev–Trinajstić information content (AvgIpc) is 2.25. The van der Waals surface area contributed by atoms with Crippen LogP contribution in [0, 0.1) is 0 Å². The van der Waals surface area contributed by atoms with Crippen molar-refractivity contribution in [3.05, 3.63) is 30.4 Å². The summed E-state index contributed by atoms with van der Waals surface area (Å²) in [5, 5.41) is 3.12. The first-order chi connectivity index (χ1) is 7.96. The van der Waals surface area contributed by atoms with E-state index >= 15 is 0 Å². The zero-order valence-corrected chi connectivity index (χ0v) is 10.9. The zero-order chi connectivity index (χ0) is 12.9. The number of anilines is 2. The van der Waals surface area contributed by atoms with Crippen molar-refractivity contribution >= 4 is 21.2 Å². The van der Waals surface area contributed by atoms with E-state index in [4.69, 9.17) is 5.73 Å². The summed E-state index contributed by atoms with van der Waals surface area (Å²) < 4.78 is 22.9. The summed E-state index contributed by atoms with van der Waals surface area (Å²) in [4.78, 5) is 0.175. The van der Waals surface area contributed by atoms with Gasteiger partial charge in [-0.05, 0) is 25.5 Å². The highest BCUT2D eigenvalue weighted by molar-refractivity contribution is 7.90. The molecule has 0 unspecified atom stereocenters. The molecule has 5 heteroatoms. The SMILES string of the molecule is C/C=C/CCNc1cccc(S(C)(=O)=O)c1N. The van der Waals surface area contributed by atoms with Gasteiger partial charge in [0.05, 0.1) is 16.3 Å². The molecule has 0 spiro atoms. The molecule has 0 fully saturated rings. The highest BCUT2D eigenvalue weighted by Crippen LogP contribution is 2.26. The van der Waals surface area contributed by atoms with Crippen molar-refractivity contribution < 1.29 is 8.42 Å². The summed E-state index contributed by atoms with van der Waals surface area (Å²) in [5.74, 6) is 0. The van der Waals surface area contributed by atoms with Gasteiger partial charge in [0, 0.05) is 12.8 Å². The van der Waals surface area contributed by atoms with Crippen LogP contribution in [0.5, 0.6) is 0 Å². The molecule has 0 atom stereocenters. The molecule has 17 heavy (non-hydrogen) atoms. The Morgan fingerprint density at radius 3 is 2.71 bits per heavy atom. The number of benzene rings is 1. The largest absolute Gasteiger partial charge is 0.396 e. The van der Waals surface area contributed by atoms with Gasteiger partial charge in [0.1, 0.15) is 0 Å². The molecule has 1 aromatic carbocycles. The Hall–Kier alpha value is -1.49. The van der Waals surface area contributed by atoms with E-state index in [1.54, 1.807) is 12.1 Å². The molecular formula is C12H18N2O2S. The summed E-state index contributed by atoms with van der Waals surface area (Å²) in [7, 11) is -3.27. The van der Waals surface area contributed by atoms with Crippen LogP contribution in [-0.2, 0) is 9.84 Å². The molecule has 0 aliphatic carbocycles. The predicted molar refractivity (Wildman–Crippen MR) is 71.9 cm³/mol. The van der Waals surface area contributed by atoms with Gasteiger partial charge in [-0.15, -0.1) is 0 Å². The number of hydrogen-bond acceptors (Lipinski definition) is 4. The first-order valence-electron chi connectivity index (χ1n) is 5.40. The molecule has 0 saturated carbocycles. The van der Waals surface area contributed by atoms with Crippen LogP contribution in [0.15, 0.2) is 35.2 Å². The first-order valence-corrected chi connectivity index (χ1v) is 7.29. The minimum absolute atomic E-state index is 0.175. The minimum atomic E-state index is -3.27. The second kappa shape index (κ2) is 5.72. The third-order valence-corrected chi connectivity index (χ3v) is 3.48. The van der Waals surface area contributed by atoms with Crippen LogP contribution in [0.2, 0.25) is 0 Å². The molecule has 0 radical (unpaired) electrons. The summed E-state index contributed by atoms with van der Waals surface area (Å²) in [6.45, 7) is 2.68. The molecule has 0 aliphatic rings. The number of allylic oxidation sites excluding steroid dienone is 1. The molecule has 1 rings (SSSR count). The Labute approximate surface area is 102 Å². The second-order valence-corrected chi connectivity index (χ2v) is 5.76. The van der Waals surface area contributed by atoms with Crippen molar-refractivity contribution in [1.82, 2.24) is 0 Å². The Morgan fingerprint density at radius 1 is 1.41 bits per heavy atom. The molecule has 3 N–H and O–H groups in total. The standard InChI is InChI=1S/C12H18N2O2S/c1-3-4-5-9-14-10-7-6-8-11(12(10)13)17(2,15)16/h3-4,6-8,14H,5,9,13H2,1-2H3/b4-3+. The maximum atomic E-state index is 11.5. The van der Waals surface area contributed by atoms with Gasteiger partial charge in [-0.2, -0.15) is 0 Å². The van der Waals surface area contributed by atoms with E-state index < -0.39 is 9.84 Å². The Kier molecular flexibility index (Phi) is 4.57. The zero-order valence-electron chi connectivity index (χ0n) is 10.1. The highest BCUT2D eigenvalue weighted by atomic mass is 32.2. The van der Waals surface area contributed by atoms with Gasteiger partial charge in [-0.25, -0.2) is 8.42 Å². The molecule has 4 nitrogen and oxygen atoms in total. The molecule has 0 bridgehead atoms. The van der Waals surface area contributed by atoms with Gasteiger partial charge in [0.25, 0.3) is 0 Å². The van der Waals surface area contributed by atoms with Crippen molar-refractivity contribution in [1.29, 1.82) is 0 Å². The van der Waals surface area contributed by atoms with E-state index in [0.717, 1.165) is 19.2 Å². The van der Waals surface area contributed by atoms with Crippen molar-refractivity contribution in [3.63, 3.8) is 0 Å². The lowest BCUT2D eigenvalue weighted by Gasteiger charge is -2.11. The lowest BCUT2D eigenvalue weighted by atomic mass is 10.2. The molecular weight excluding hydrogens is 236 g/mol. The molecule has 0 aliphatic heterocycles. The predicted octanol–water partition coefficient (Wildman–Crippen LogP) is 2.05. The van der Waals surface area contributed by atoms with Crippen LogP contribution in [-0.4, -0.2) is 21.2 Å². The number of para-hydroxylation sites is 1. The van der Waals surface area contributed by atoms with Gasteiger partial charge >= 0.3 is 0 Å². The maximum absolute atomic E-state index is 11.5. The number of sulfone groups is 1. The van der Waals surface area contributed by atoms with Crippen LogP contribution >= 0.6 is 0 Å².